The largest absolute Gasteiger partial charge is 0.380 e. The van der Waals surface area contributed by atoms with E-state index in [0.717, 1.165) is 38.0 Å². The van der Waals surface area contributed by atoms with Crippen LogP contribution in [0.2, 0.25) is 0 Å². The van der Waals surface area contributed by atoms with Crippen molar-refractivity contribution in [1.29, 1.82) is 0 Å². The van der Waals surface area contributed by atoms with E-state index >= 15 is 0 Å². The van der Waals surface area contributed by atoms with Gasteiger partial charge < -0.3 is 9.64 Å². The van der Waals surface area contributed by atoms with Crippen LogP contribution in [0.15, 0.2) is 12.2 Å². The molecule has 1 atom stereocenters. The fourth-order valence-corrected chi connectivity index (χ4v) is 3.40. The van der Waals surface area contributed by atoms with Crippen molar-refractivity contribution in [2.45, 2.75) is 98.8 Å². The van der Waals surface area contributed by atoms with E-state index in [2.05, 4.69) is 70.7 Å². The lowest BCUT2D eigenvalue weighted by Crippen LogP contribution is -2.18. The fraction of sp³-hybridized carbons (Fsp3) is 0.852. The zero-order chi connectivity index (χ0) is 22.0. The van der Waals surface area contributed by atoms with Gasteiger partial charge in [-0.3, -0.25) is 0 Å². The molecule has 0 aromatic carbocycles. The van der Waals surface area contributed by atoms with Gasteiger partial charge in [-0.05, 0) is 70.4 Å². The van der Waals surface area contributed by atoms with Gasteiger partial charge in [0.1, 0.15) is 0 Å². The molecule has 0 aliphatic heterocycles. The molecule has 0 saturated heterocycles. The summed E-state index contributed by atoms with van der Waals surface area (Å²) in [4.78, 5) is 2.15. The maximum absolute atomic E-state index is 5.53. The summed E-state index contributed by atoms with van der Waals surface area (Å²) in [5.41, 5.74) is 0.492. The van der Waals surface area contributed by atoms with Gasteiger partial charge in [-0.25, -0.2) is 0 Å². The maximum Gasteiger partial charge on any atom is 0.0593 e. The number of nitrogens with zero attached hydrogens (tertiary/aromatic N) is 1. The number of allylic oxidation sites excluding steroid dienone is 2. The average Bonchev–Trinajstić information content (AvgIpc) is 3.15. The highest BCUT2D eigenvalue weighted by Gasteiger charge is 2.11. The summed E-state index contributed by atoms with van der Waals surface area (Å²) in [6.45, 7) is 13.9. The molecular formula is C27H51NO. The first-order valence-corrected chi connectivity index (χ1v) is 12.0. The molecule has 1 saturated carbocycles. The Bertz CT molecular complexity index is 443. The monoisotopic (exact) mass is 405 g/mol. The summed E-state index contributed by atoms with van der Waals surface area (Å²) in [7, 11) is 4.15. The first kappa shape index (κ1) is 28.2. The topological polar surface area (TPSA) is 12.5 Å². The number of hydrogen-bond donors (Lipinski definition) is 0. The molecule has 0 spiro atoms. The Balaban J connectivity index is 0.000000541. The lowest BCUT2D eigenvalue weighted by molar-refractivity contribution is 0.113. The SMILES string of the molecule is CC#CCC(C)C/C=C/C1CCCC1.CN(C)CCOCCCCCC(C)(C)C. The second-order valence-electron chi connectivity index (χ2n) is 10.2. The number of rotatable bonds is 12. The Kier molecular flexibility index (Phi) is 17.5. The van der Waals surface area contributed by atoms with Gasteiger partial charge in [0, 0.05) is 19.6 Å². The third-order valence-corrected chi connectivity index (χ3v) is 5.37. The minimum Gasteiger partial charge on any atom is -0.380 e. The molecule has 0 radical (unpaired) electrons. The van der Waals surface area contributed by atoms with Crippen LogP contribution in [0.3, 0.4) is 0 Å². The Morgan fingerprint density at radius 3 is 2.34 bits per heavy atom. The maximum atomic E-state index is 5.53. The third kappa shape index (κ3) is 21.7. The van der Waals surface area contributed by atoms with E-state index in [4.69, 9.17) is 4.74 Å². The van der Waals surface area contributed by atoms with Crippen LogP contribution in [0.25, 0.3) is 0 Å². The second-order valence-corrected chi connectivity index (χ2v) is 10.2. The van der Waals surface area contributed by atoms with Gasteiger partial charge in [-0.15, -0.1) is 11.8 Å². The van der Waals surface area contributed by atoms with Crippen molar-refractivity contribution in [2.24, 2.45) is 17.3 Å². The van der Waals surface area contributed by atoms with E-state index in [1.807, 2.05) is 6.92 Å². The molecule has 0 N–H and O–H groups in total. The first-order valence-electron chi connectivity index (χ1n) is 12.0. The van der Waals surface area contributed by atoms with E-state index in [1.165, 1.54) is 57.8 Å². The molecule has 1 aliphatic carbocycles. The van der Waals surface area contributed by atoms with Crippen LogP contribution >= 0.6 is 0 Å². The molecule has 0 amide bonds. The standard InChI is InChI=1S/C14H22.C13H29NO/c1-3-4-8-13(2)9-7-12-14-10-5-6-11-14;1-13(2,3)9-7-6-8-11-15-12-10-14(4)5/h7,12-14H,5-6,8-11H2,1-2H3;6-12H2,1-5H3/b12-7+;. The molecule has 1 aliphatic rings. The summed E-state index contributed by atoms with van der Waals surface area (Å²) >= 11 is 0. The van der Waals surface area contributed by atoms with Crippen molar-refractivity contribution in [3.63, 3.8) is 0 Å². The van der Waals surface area contributed by atoms with Crippen LogP contribution in [0.4, 0.5) is 0 Å². The van der Waals surface area contributed by atoms with Crippen LogP contribution in [-0.4, -0.2) is 38.8 Å². The second kappa shape index (κ2) is 18.0. The highest BCUT2D eigenvalue weighted by atomic mass is 16.5. The smallest absolute Gasteiger partial charge is 0.0593 e. The summed E-state index contributed by atoms with van der Waals surface area (Å²) in [5, 5.41) is 0. The Labute approximate surface area is 183 Å². The quantitative estimate of drug-likeness (QED) is 0.191. The minimum absolute atomic E-state index is 0.492. The zero-order valence-corrected chi connectivity index (χ0v) is 20.9. The predicted molar refractivity (Wildman–Crippen MR) is 130 cm³/mol. The lowest BCUT2D eigenvalue weighted by atomic mass is 9.89. The molecule has 1 fully saturated rings. The van der Waals surface area contributed by atoms with Crippen LogP contribution in [-0.2, 0) is 4.74 Å². The molecule has 0 heterocycles. The fourth-order valence-electron chi connectivity index (χ4n) is 3.40. The molecule has 1 rings (SSSR count). The molecule has 2 nitrogen and oxygen atoms in total. The zero-order valence-electron chi connectivity index (χ0n) is 20.9. The molecule has 0 aromatic heterocycles. The number of ether oxygens (including phenoxy) is 1. The summed E-state index contributed by atoms with van der Waals surface area (Å²) in [6, 6.07) is 0. The highest BCUT2D eigenvalue weighted by Crippen LogP contribution is 2.26. The Morgan fingerprint density at radius 2 is 1.76 bits per heavy atom. The number of hydrogen-bond acceptors (Lipinski definition) is 2. The number of likely N-dealkylation sites (N-methyl/N-ethyl adjacent to an activating group) is 1. The van der Waals surface area contributed by atoms with Crippen molar-refractivity contribution in [2.75, 3.05) is 33.9 Å². The van der Waals surface area contributed by atoms with Gasteiger partial charge >= 0.3 is 0 Å². The Morgan fingerprint density at radius 1 is 1.07 bits per heavy atom. The van der Waals surface area contributed by atoms with Crippen molar-refractivity contribution >= 4 is 0 Å². The van der Waals surface area contributed by atoms with E-state index < -0.39 is 0 Å². The summed E-state index contributed by atoms with van der Waals surface area (Å²) < 4.78 is 5.53. The molecule has 0 bridgehead atoms. The summed E-state index contributed by atoms with van der Waals surface area (Å²) in [5.74, 6) is 7.71. The Hall–Kier alpha value is -0.780. The predicted octanol–water partition coefficient (Wildman–Crippen LogP) is 7.34. The van der Waals surface area contributed by atoms with Gasteiger partial charge in [0.25, 0.3) is 0 Å². The average molecular weight is 406 g/mol. The number of unbranched alkanes of at least 4 members (excludes halogenated alkanes) is 2. The first-order chi connectivity index (χ1) is 13.7. The lowest BCUT2D eigenvalue weighted by Gasteiger charge is -2.17. The van der Waals surface area contributed by atoms with Gasteiger partial charge in [-0.1, -0.05) is 65.5 Å². The molecular weight excluding hydrogens is 354 g/mol. The minimum atomic E-state index is 0.492. The van der Waals surface area contributed by atoms with E-state index in [0.29, 0.717) is 5.41 Å². The highest BCUT2D eigenvalue weighted by molar-refractivity contribution is 4.98. The van der Waals surface area contributed by atoms with Crippen molar-refractivity contribution in [3.05, 3.63) is 12.2 Å². The van der Waals surface area contributed by atoms with E-state index in [9.17, 15) is 0 Å². The van der Waals surface area contributed by atoms with Crippen LogP contribution in [0.5, 0.6) is 0 Å². The van der Waals surface area contributed by atoms with Gasteiger partial charge in [0.15, 0.2) is 0 Å². The molecule has 1 unspecified atom stereocenters. The molecule has 170 valence electrons. The van der Waals surface area contributed by atoms with Crippen LogP contribution in [0, 0.1) is 29.1 Å². The normalized spacial score (nSPS) is 15.9. The van der Waals surface area contributed by atoms with Crippen LogP contribution in [0.1, 0.15) is 98.8 Å². The summed E-state index contributed by atoms with van der Waals surface area (Å²) in [6.07, 6.45) is 17.9. The molecule has 29 heavy (non-hydrogen) atoms. The molecule has 2 heteroatoms. The van der Waals surface area contributed by atoms with Gasteiger partial charge in [-0.2, -0.15) is 0 Å². The van der Waals surface area contributed by atoms with Crippen LogP contribution < -0.4 is 0 Å². The molecule has 0 aromatic rings. The van der Waals surface area contributed by atoms with E-state index in [-0.39, 0.29) is 0 Å². The van der Waals surface area contributed by atoms with Crippen molar-refractivity contribution in [3.8, 4) is 11.8 Å². The van der Waals surface area contributed by atoms with Gasteiger partial charge in [0.05, 0.1) is 6.61 Å². The van der Waals surface area contributed by atoms with Gasteiger partial charge in [0.2, 0.25) is 0 Å². The van der Waals surface area contributed by atoms with E-state index in [1.54, 1.807) is 0 Å². The third-order valence-electron chi connectivity index (χ3n) is 5.37. The van der Waals surface area contributed by atoms with Crippen molar-refractivity contribution in [1.82, 2.24) is 4.90 Å². The van der Waals surface area contributed by atoms with Crippen molar-refractivity contribution < 1.29 is 4.74 Å².